The Hall–Kier alpha value is -2.89. The summed E-state index contributed by atoms with van der Waals surface area (Å²) < 4.78 is 5.18. The molecule has 2 aromatic rings. The van der Waals surface area contributed by atoms with E-state index in [2.05, 4.69) is 10.3 Å². The summed E-state index contributed by atoms with van der Waals surface area (Å²) in [5.74, 6) is 0.0637. The number of ether oxygens (including phenoxy) is 1. The molecule has 0 spiro atoms. The van der Waals surface area contributed by atoms with Gasteiger partial charge in [-0.2, -0.15) is 0 Å². The Morgan fingerprint density at radius 2 is 2.22 bits per heavy atom. The highest BCUT2D eigenvalue weighted by Gasteiger charge is 2.35. The van der Waals surface area contributed by atoms with Crippen LogP contribution in [-0.4, -0.2) is 30.5 Å². The molecule has 3 rings (SSSR count). The van der Waals surface area contributed by atoms with Gasteiger partial charge in [-0.15, -0.1) is 0 Å². The first kappa shape index (κ1) is 15.0. The van der Waals surface area contributed by atoms with Crippen LogP contribution in [0.2, 0.25) is 0 Å². The molecule has 0 bridgehead atoms. The Labute approximate surface area is 134 Å². The predicted molar refractivity (Wildman–Crippen MR) is 86.3 cm³/mol. The van der Waals surface area contributed by atoms with Gasteiger partial charge < -0.3 is 15.0 Å². The first-order chi connectivity index (χ1) is 11.2. The van der Waals surface area contributed by atoms with Gasteiger partial charge in [-0.3, -0.25) is 14.6 Å². The quantitative estimate of drug-likeness (QED) is 0.938. The van der Waals surface area contributed by atoms with Crippen molar-refractivity contribution in [2.45, 2.75) is 6.42 Å². The molecule has 0 saturated carbocycles. The fourth-order valence-corrected chi connectivity index (χ4v) is 2.59. The molecular formula is C17H17N3O3. The Balaban J connectivity index is 1.70. The van der Waals surface area contributed by atoms with E-state index in [1.54, 1.807) is 42.6 Å². The van der Waals surface area contributed by atoms with Crippen LogP contribution in [0.5, 0.6) is 5.75 Å². The lowest BCUT2D eigenvalue weighted by molar-refractivity contribution is -0.122. The monoisotopic (exact) mass is 311 g/mol. The molecule has 118 valence electrons. The summed E-state index contributed by atoms with van der Waals surface area (Å²) >= 11 is 0. The third kappa shape index (κ3) is 3.31. The van der Waals surface area contributed by atoms with Crippen molar-refractivity contribution < 1.29 is 14.3 Å². The number of carbonyl (C=O) groups excluding carboxylic acids is 2. The molecule has 0 radical (unpaired) electrons. The number of benzene rings is 1. The molecule has 1 aromatic carbocycles. The standard InChI is InChI=1S/C17H17N3O3/c1-23-15-6-2-5-14(9-15)20-11-12(8-16(20)21)17(22)19-13-4-3-7-18-10-13/h2-7,9-10,12H,8,11H2,1H3,(H,19,22)/t12-/m0/s1. The van der Waals surface area contributed by atoms with Crippen LogP contribution in [0.4, 0.5) is 11.4 Å². The van der Waals surface area contributed by atoms with Gasteiger partial charge in [-0.05, 0) is 24.3 Å². The molecule has 1 fully saturated rings. The zero-order valence-electron chi connectivity index (χ0n) is 12.7. The highest BCUT2D eigenvalue weighted by Crippen LogP contribution is 2.28. The van der Waals surface area contributed by atoms with Crippen LogP contribution >= 0.6 is 0 Å². The molecule has 1 aliphatic rings. The molecule has 1 aromatic heterocycles. The Kier molecular flexibility index (Phi) is 4.23. The number of aromatic nitrogens is 1. The first-order valence-corrected chi connectivity index (χ1v) is 7.32. The van der Waals surface area contributed by atoms with Gasteiger partial charge in [0.25, 0.3) is 0 Å². The zero-order chi connectivity index (χ0) is 16.2. The van der Waals surface area contributed by atoms with E-state index in [9.17, 15) is 9.59 Å². The number of carbonyl (C=O) groups is 2. The maximum atomic E-state index is 12.3. The Morgan fingerprint density at radius 1 is 1.35 bits per heavy atom. The van der Waals surface area contributed by atoms with Crippen LogP contribution in [0.25, 0.3) is 0 Å². The number of nitrogens with zero attached hydrogens (tertiary/aromatic N) is 2. The van der Waals surface area contributed by atoms with Crippen molar-refractivity contribution in [2.75, 3.05) is 23.9 Å². The molecule has 23 heavy (non-hydrogen) atoms. The lowest BCUT2D eigenvalue weighted by atomic mass is 10.1. The average Bonchev–Trinajstić information content (AvgIpc) is 2.98. The number of methoxy groups -OCH3 is 1. The minimum atomic E-state index is -0.381. The lowest BCUT2D eigenvalue weighted by Crippen LogP contribution is -2.28. The number of nitrogens with one attached hydrogen (secondary N) is 1. The highest BCUT2D eigenvalue weighted by atomic mass is 16.5. The number of rotatable bonds is 4. The second-order valence-corrected chi connectivity index (χ2v) is 5.34. The van der Waals surface area contributed by atoms with E-state index in [1.807, 2.05) is 18.2 Å². The van der Waals surface area contributed by atoms with Crippen molar-refractivity contribution in [2.24, 2.45) is 5.92 Å². The van der Waals surface area contributed by atoms with Crippen molar-refractivity contribution in [3.05, 3.63) is 48.8 Å². The fourth-order valence-electron chi connectivity index (χ4n) is 2.59. The van der Waals surface area contributed by atoms with E-state index < -0.39 is 0 Å². The maximum absolute atomic E-state index is 12.3. The van der Waals surface area contributed by atoms with Crippen LogP contribution in [0, 0.1) is 5.92 Å². The molecule has 0 aliphatic carbocycles. The largest absolute Gasteiger partial charge is 0.497 e. The maximum Gasteiger partial charge on any atom is 0.229 e. The van der Waals surface area contributed by atoms with Crippen molar-refractivity contribution >= 4 is 23.2 Å². The van der Waals surface area contributed by atoms with Gasteiger partial charge in [0.2, 0.25) is 11.8 Å². The molecule has 1 saturated heterocycles. The fraction of sp³-hybridized carbons (Fsp3) is 0.235. The van der Waals surface area contributed by atoms with Gasteiger partial charge in [0.15, 0.2) is 0 Å². The summed E-state index contributed by atoms with van der Waals surface area (Å²) in [6, 6.07) is 10.8. The third-order valence-corrected chi connectivity index (χ3v) is 3.79. The van der Waals surface area contributed by atoms with E-state index in [-0.39, 0.29) is 24.2 Å². The Bertz CT molecular complexity index is 718. The van der Waals surface area contributed by atoms with Gasteiger partial charge in [-0.1, -0.05) is 6.07 Å². The number of hydrogen-bond acceptors (Lipinski definition) is 4. The molecule has 0 unspecified atom stereocenters. The van der Waals surface area contributed by atoms with Gasteiger partial charge in [0.1, 0.15) is 5.75 Å². The Morgan fingerprint density at radius 3 is 2.96 bits per heavy atom. The smallest absolute Gasteiger partial charge is 0.229 e. The van der Waals surface area contributed by atoms with E-state index in [0.717, 1.165) is 5.69 Å². The van der Waals surface area contributed by atoms with Gasteiger partial charge in [0, 0.05) is 30.9 Å². The molecule has 1 atom stereocenters. The zero-order valence-corrected chi connectivity index (χ0v) is 12.7. The number of pyridine rings is 1. The van der Waals surface area contributed by atoms with Crippen molar-refractivity contribution in [3.8, 4) is 5.75 Å². The van der Waals surface area contributed by atoms with Crippen LogP contribution in [0.3, 0.4) is 0 Å². The molecular weight excluding hydrogens is 294 g/mol. The molecule has 1 aliphatic heterocycles. The molecule has 6 nitrogen and oxygen atoms in total. The second kappa shape index (κ2) is 6.48. The van der Waals surface area contributed by atoms with Gasteiger partial charge in [-0.25, -0.2) is 0 Å². The molecule has 6 heteroatoms. The van der Waals surface area contributed by atoms with Crippen LogP contribution in [0.1, 0.15) is 6.42 Å². The van der Waals surface area contributed by atoms with E-state index in [4.69, 9.17) is 4.74 Å². The summed E-state index contributed by atoms with van der Waals surface area (Å²) in [4.78, 5) is 30.1. The van der Waals surface area contributed by atoms with Crippen LogP contribution in [-0.2, 0) is 9.59 Å². The van der Waals surface area contributed by atoms with Crippen molar-refractivity contribution in [1.29, 1.82) is 0 Å². The summed E-state index contributed by atoms with van der Waals surface area (Å²) in [6.07, 6.45) is 3.41. The highest BCUT2D eigenvalue weighted by molar-refractivity contribution is 6.03. The van der Waals surface area contributed by atoms with Crippen LogP contribution in [0.15, 0.2) is 48.8 Å². The SMILES string of the molecule is COc1cccc(N2C[C@@H](C(=O)Nc3cccnc3)CC2=O)c1. The van der Waals surface area contributed by atoms with E-state index >= 15 is 0 Å². The van der Waals surface area contributed by atoms with Crippen molar-refractivity contribution in [3.63, 3.8) is 0 Å². The number of hydrogen-bond donors (Lipinski definition) is 1. The topological polar surface area (TPSA) is 71.5 Å². The van der Waals surface area contributed by atoms with E-state index in [1.165, 1.54) is 0 Å². The van der Waals surface area contributed by atoms with Gasteiger partial charge >= 0.3 is 0 Å². The van der Waals surface area contributed by atoms with E-state index in [0.29, 0.717) is 18.0 Å². The average molecular weight is 311 g/mol. The summed E-state index contributed by atoms with van der Waals surface area (Å²) in [5, 5.41) is 2.79. The first-order valence-electron chi connectivity index (χ1n) is 7.32. The second-order valence-electron chi connectivity index (χ2n) is 5.34. The predicted octanol–water partition coefficient (Wildman–Crippen LogP) is 2.08. The molecule has 2 heterocycles. The van der Waals surface area contributed by atoms with Gasteiger partial charge in [0.05, 0.1) is 24.9 Å². The number of anilines is 2. The van der Waals surface area contributed by atoms with Crippen LogP contribution < -0.4 is 15.0 Å². The number of amides is 2. The normalized spacial score (nSPS) is 17.2. The minimum absolute atomic E-state index is 0.0652. The minimum Gasteiger partial charge on any atom is -0.497 e. The molecule has 2 amide bonds. The lowest BCUT2D eigenvalue weighted by Gasteiger charge is -2.17. The molecule has 1 N–H and O–H groups in total. The third-order valence-electron chi connectivity index (χ3n) is 3.79. The summed E-state index contributed by atoms with van der Waals surface area (Å²) in [6.45, 7) is 0.359. The summed E-state index contributed by atoms with van der Waals surface area (Å²) in [5.41, 5.74) is 1.37. The summed E-state index contributed by atoms with van der Waals surface area (Å²) in [7, 11) is 1.58. The van der Waals surface area contributed by atoms with Crippen molar-refractivity contribution in [1.82, 2.24) is 4.98 Å².